The summed E-state index contributed by atoms with van der Waals surface area (Å²) in [5, 5.41) is 15.1. The van der Waals surface area contributed by atoms with E-state index in [0.717, 1.165) is 11.1 Å². The van der Waals surface area contributed by atoms with Crippen LogP contribution in [0.15, 0.2) is 47.0 Å². The minimum atomic E-state index is -0.474. The molecule has 26 heavy (non-hydrogen) atoms. The van der Waals surface area contributed by atoms with Crippen LogP contribution in [-0.4, -0.2) is 15.1 Å². The molecule has 0 aliphatic rings. The Morgan fingerprint density at radius 3 is 2.58 bits per heavy atom. The van der Waals surface area contributed by atoms with E-state index in [1.807, 2.05) is 24.3 Å². The second-order valence-electron chi connectivity index (χ2n) is 6.31. The zero-order chi connectivity index (χ0) is 18.7. The molecule has 0 fully saturated rings. The van der Waals surface area contributed by atoms with Crippen LogP contribution in [0.25, 0.3) is 11.4 Å². The van der Waals surface area contributed by atoms with Crippen molar-refractivity contribution in [2.75, 3.05) is 0 Å². The Kier molecular flexibility index (Phi) is 4.97. The molecule has 1 aromatic heterocycles. The molecule has 0 aliphatic carbocycles. The second kappa shape index (κ2) is 7.35. The molecule has 0 spiro atoms. The van der Waals surface area contributed by atoms with Gasteiger partial charge in [0.25, 0.3) is 5.89 Å². The summed E-state index contributed by atoms with van der Waals surface area (Å²) in [5.41, 5.74) is 2.76. The highest BCUT2D eigenvalue weighted by Crippen LogP contribution is 2.28. The first-order valence-corrected chi connectivity index (χ1v) is 8.25. The lowest BCUT2D eigenvalue weighted by Gasteiger charge is -2.05. The van der Waals surface area contributed by atoms with E-state index in [0.29, 0.717) is 11.7 Å². The average Bonchev–Trinajstić information content (AvgIpc) is 3.09. The van der Waals surface area contributed by atoms with Gasteiger partial charge in [-0.1, -0.05) is 49.3 Å². The third-order valence-corrected chi connectivity index (χ3v) is 3.97. The minimum Gasteiger partial charge on any atom is -0.477 e. The standard InChI is InChI=1S/C19H19N3O4/c1-12(2)14-5-7-15(8-6-14)19-20-18(26-21-19)11-25-17-9-4-13(3)10-16(17)22(23)24/h4-10,12H,11H2,1-3H3. The molecule has 7 heteroatoms. The first kappa shape index (κ1) is 17.6. The molecule has 0 radical (unpaired) electrons. The Balaban J connectivity index is 1.72. The SMILES string of the molecule is Cc1ccc(OCc2nc(-c3ccc(C(C)C)cc3)no2)c([N+](=O)[O-])c1. The lowest BCUT2D eigenvalue weighted by molar-refractivity contribution is -0.386. The van der Waals surface area contributed by atoms with Crippen LogP contribution in [0.4, 0.5) is 5.69 Å². The molecule has 1 heterocycles. The van der Waals surface area contributed by atoms with Crippen LogP contribution in [0.3, 0.4) is 0 Å². The summed E-state index contributed by atoms with van der Waals surface area (Å²) in [6.45, 7) is 6.00. The molecule has 0 aliphatic heterocycles. The highest BCUT2D eigenvalue weighted by Gasteiger charge is 2.17. The van der Waals surface area contributed by atoms with Gasteiger partial charge in [0.2, 0.25) is 5.82 Å². The molecule has 0 bridgehead atoms. The molecule has 7 nitrogen and oxygen atoms in total. The van der Waals surface area contributed by atoms with E-state index in [1.165, 1.54) is 11.6 Å². The molecule has 0 saturated heterocycles. The van der Waals surface area contributed by atoms with Crippen molar-refractivity contribution in [3.05, 3.63) is 69.6 Å². The van der Waals surface area contributed by atoms with E-state index in [4.69, 9.17) is 9.26 Å². The Morgan fingerprint density at radius 2 is 1.92 bits per heavy atom. The molecule has 0 amide bonds. The van der Waals surface area contributed by atoms with E-state index in [9.17, 15) is 10.1 Å². The van der Waals surface area contributed by atoms with Crippen molar-refractivity contribution in [3.8, 4) is 17.1 Å². The molecular formula is C19H19N3O4. The smallest absolute Gasteiger partial charge is 0.311 e. The number of nitro groups is 1. The molecule has 0 atom stereocenters. The van der Waals surface area contributed by atoms with Crippen molar-refractivity contribution < 1.29 is 14.2 Å². The summed E-state index contributed by atoms with van der Waals surface area (Å²) in [6.07, 6.45) is 0. The highest BCUT2D eigenvalue weighted by atomic mass is 16.6. The number of nitro benzene ring substituents is 1. The van der Waals surface area contributed by atoms with Crippen molar-refractivity contribution in [3.63, 3.8) is 0 Å². The van der Waals surface area contributed by atoms with Gasteiger partial charge in [-0.15, -0.1) is 0 Å². The first-order chi connectivity index (χ1) is 12.4. The van der Waals surface area contributed by atoms with Gasteiger partial charge in [0.1, 0.15) is 0 Å². The predicted octanol–water partition coefficient (Wildman–Crippen LogP) is 4.66. The molecular weight excluding hydrogens is 334 g/mol. The van der Waals surface area contributed by atoms with Gasteiger partial charge in [-0.25, -0.2) is 0 Å². The van der Waals surface area contributed by atoms with Gasteiger partial charge in [0, 0.05) is 11.6 Å². The lowest BCUT2D eigenvalue weighted by atomic mass is 10.0. The van der Waals surface area contributed by atoms with Crippen molar-refractivity contribution in [2.24, 2.45) is 0 Å². The zero-order valence-corrected chi connectivity index (χ0v) is 14.8. The van der Waals surface area contributed by atoms with Crippen LogP contribution in [0.2, 0.25) is 0 Å². The van der Waals surface area contributed by atoms with E-state index in [1.54, 1.807) is 19.1 Å². The van der Waals surface area contributed by atoms with E-state index in [2.05, 4.69) is 24.0 Å². The zero-order valence-electron chi connectivity index (χ0n) is 14.8. The van der Waals surface area contributed by atoms with Gasteiger partial charge >= 0.3 is 5.69 Å². The largest absolute Gasteiger partial charge is 0.477 e. The number of ether oxygens (including phenoxy) is 1. The number of nitrogens with zero attached hydrogens (tertiary/aromatic N) is 3. The van der Waals surface area contributed by atoms with E-state index < -0.39 is 4.92 Å². The summed E-state index contributed by atoms with van der Waals surface area (Å²) < 4.78 is 10.7. The summed E-state index contributed by atoms with van der Waals surface area (Å²) >= 11 is 0. The molecule has 2 aromatic carbocycles. The van der Waals surface area contributed by atoms with Gasteiger partial charge in [-0.3, -0.25) is 10.1 Å². The van der Waals surface area contributed by atoms with Gasteiger partial charge in [0.15, 0.2) is 12.4 Å². The van der Waals surface area contributed by atoms with Gasteiger partial charge in [0.05, 0.1) is 4.92 Å². The molecule has 134 valence electrons. The Bertz CT molecular complexity index is 917. The quantitative estimate of drug-likeness (QED) is 0.473. The molecule has 3 aromatic rings. The number of rotatable bonds is 6. The van der Waals surface area contributed by atoms with Crippen LogP contribution in [0.1, 0.15) is 36.8 Å². The summed E-state index contributed by atoms with van der Waals surface area (Å²) in [6, 6.07) is 12.7. The fourth-order valence-corrected chi connectivity index (χ4v) is 2.48. The molecule has 3 rings (SSSR count). The second-order valence-corrected chi connectivity index (χ2v) is 6.31. The van der Waals surface area contributed by atoms with Crippen LogP contribution >= 0.6 is 0 Å². The van der Waals surface area contributed by atoms with E-state index in [-0.39, 0.29) is 23.9 Å². The first-order valence-electron chi connectivity index (χ1n) is 8.25. The van der Waals surface area contributed by atoms with Crippen molar-refractivity contribution >= 4 is 5.69 Å². The summed E-state index contributed by atoms with van der Waals surface area (Å²) in [5.74, 6) is 1.32. The topological polar surface area (TPSA) is 91.3 Å². The Labute approximate surface area is 150 Å². The lowest BCUT2D eigenvalue weighted by Crippen LogP contribution is -1.99. The van der Waals surface area contributed by atoms with Crippen molar-refractivity contribution in [1.29, 1.82) is 0 Å². The molecule has 0 N–H and O–H groups in total. The van der Waals surface area contributed by atoms with Gasteiger partial charge in [-0.2, -0.15) is 4.98 Å². The third-order valence-electron chi connectivity index (χ3n) is 3.97. The predicted molar refractivity (Wildman–Crippen MR) is 96.0 cm³/mol. The van der Waals surface area contributed by atoms with Crippen molar-refractivity contribution in [2.45, 2.75) is 33.3 Å². The minimum absolute atomic E-state index is 0.0407. The van der Waals surface area contributed by atoms with Crippen LogP contribution in [-0.2, 0) is 6.61 Å². The van der Waals surface area contributed by atoms with E-state index >= 15 is 0 Å². The fourth-order valence-electron chi connectivity index (χ4n) is 2.48. The maximum atomic E-state index is 11.1. The van der Waals surface area contributed by atoms with Crippen LogP contribution in [0.5, 0.6) is 5.75 Å². The Morgan fingerprint density at radius 1 is 1.19 bits per heavy atom. The summed E-state index contributed by atoms with van der Waals surface area (Å²) in [4.78, 5) is 14.9. The van der Waals surface area contributed by atoms with Crippen molar-refractivity contribution in [1.82, 2.24) is 10.1 Å². The number of hydrogen-bond acceptors (Lipinski definition) is 6. The number of aromatic nitrogens is 2. The maximum Gasteiger partial charge on any atom is 0.311 e. The molecule has 0 saturated carbocycles. The molecule has 0 unspecified atom stereocenters. The normalized spacial score (nSPS) is 10.9. The van der Waals surface area contributed by atoms with Gasteiger partial charge < -0.3 is 9.26 Å². The number of aryl methyl sites for hydroxylation is 1. The van der Waals surface area contributed by atoms with Crippen LogP contribution in [0, 0.1) is 17.0 Å². The van der Waals surface area contributed by atoms with Crippen LogP contribution < -0.4 is 4.74 Å². The average molecular weight is 353 g/mol. The summed E-state index contributed by atoms with van der Waals surface area (Å²) in [7, 11) is 0. The number of hydrogen-bond donors (Lipinski definition) is 0. The maximum absolute atomic E-state index is 11.1. The Hall–Kier alpha value is -3.22. The fraction of sp³-hybridized carbons (Fsp3) is 0.263. The monoisotopic (exact) mass is 353 g/mol. The number of benzene rings is 2. The third kappa shape index (κ3) is 3.88. The highest BCUT2D eigenvalue weighted by molar-refractivity contribution is 5.55. The van der Waals surface area contributed by atoms with Gasteiger partial charge in [-0.05, 0) is 30.0 Å².